The number of sulfonamides is 1. The molecule has 2 aromatic heterocycles. The van der Waals surface area contributed by atoms with E-state index in [4.69, 9.17) is 0 Å². The van der Waals surface area contributed by atoms with Crippen molar-refractivity contribution < 1.29 is 13.2 Å². The van der Waals surface area contributed by atoms with Gasteiger partial charge in [-0.05, 0) is 48.8 Å². The Morgan fingerprint density at radius 3 is 2.54 bits per heavy atom. The van der Waals surface area contributed by atoms with Crippen LogP contribution in [0.1, 0.15) is 44.1 Å². The fourth-order valence-corrected chi connectivity index (χ4v) is 6.76. The number of piperidine rings is 1. The monoisotopic (exact) mass is 419 g/mol. The Labute approximate surface area is 170 Å². The van der Waals surface area contributed by atoms with Crippen molar-refractivity contribution in [2.24, 2.45) is 0 Å². The van der Waals surface area contributed by atoms with Crippen LogP contribution < -0.4 is 4.72 Å². The molecular formula is C20H25N3O3S2. The first-order valence-corrected chi connectivity index (χ1v) is 12.1. The number of carbonyl (C=O) groups excluding carboxylic acids is 1. The lowest BCUT2D eigenvalue weighted by molar-refractivity contribution is -0.138. The molecule has 1 N–H and O–H groups in total. The van der Waals surface area contributed by atoms with E-state index >= 15 is 0 Å². The van der Waals surface area contributed by atoms with Crippen LogP contribution >= 0.6 is 11.3 Å². The van der Waals surface area contributed by atoms with Crippen LogP contribution in [0, 0.1) is 0 Å². The summed E-state index contributed by atoms with van der Waals surface area (Å²) in [7, 11) is -3.47. The van der Waals surface area contributed by atoms with E-state index in [1.807, 2.05) is 23.2 Å². The first-order chi connectivity index (χ1) is 13.5. The molecule has 0 radical (unpaired) electrons. The molecule has 2 fully saturated rings. The predicted molar refractivity (Wildman–Crippen MR) is 109 cm³/mol. The summed E-state index contributed by atoms with van der Waals surface area (Å²) < 4.78 is 28.0. The molecule has 28 heavy (non-hydrogen) atoms. The molecule has 1 amide bonds. The van der Waals surface area contributed by atoms with E-state index in [-0.39, 0.29) is 11.9 Å². The summed E-state index contributed by atoms with van der Waals surface area (Å²) >= 11 is 1.22. The van der Waals surface area contributed by atoms with Crippen molar-refractivity contribution >= 4 is 27.3 Å². The van der Waals surface area contributed by atoms with Gasteiger partial charge in [-0.25, -0.2) is 13.1 Å². The standard InChI is InChI=1S/C20H25N3O3S2/c24-19(20(9-1-2-10-20)16-5-3-11-21-15-16)23-12-7-17(8-13-23)22-28(25,26)18-6-4-14-27-18/h3-6,11,14-15,17,22H,1-2,7-10,12-13H2. The Hall–Kier alpha value is -1.77. The number of nitrogens with one attached hydrogen (secondary N) is 1. The van der Waals surface area contributed by atoms with Gasteiger partial charge in [0.25, 0.3) is 0 Å². The summed E-state index contributed by atoms with van der Waals surface area (Å²) in [5.41, 5.74) is 0.551. The van der Waals surface area contributed by atoms with Crippen LogP contribution in [0.4, 0.5) is 0 Å². The van der Waals surface area contributed by atoms with Crippen LogP contribution in [-0.4, -0.2) is 43.3 Å². The predicted octanol–water partition coefficient (Wildman–Crippen LogP) is 2.92. The highest BCUT2D eigenvalue weighted by Crippen LogP contribution is 2.42. The van der Waals surface area contributed by atoms with E-state index < -0.39 is 15.4 Å². The molecule has 0 unspecified atom stereocenters. The van der Waals surface area contributed by atoms with Crippen molar-refractivity contribution in [1.29, 1.82) is 0 Å². The quantitative estimate of drug-likeness (QED) is 0.808. The van der Waals surface area contributed by atoms with Gasteiger partial charge in [0.2, 0.25) is 15.9 Å². The summed E-state index contributed by atoms with van der Waals surface area (Å²) in [6, 6.07) is 7.13. The van der Waals surface area contributed by atoms with Crippen molar-refractivity contribution in [2.75, 3.05) is 13.1 Å². The van der Waals surface area contributed by atoms with E-state index in [9.17, 15) is 13.2 Å². The molecule has 150 valence electrons. The minimum absolute atomic E-state index is 0.130. The van der Waals surface area contributed by atoms with Gasteiger partial charge in [-0.15, -0.1) is 11.3 Å². The van der Waals surface area contributed by atoms with Gasteiger partial charge >= 0.3 is 0 Å². The van der Waals surface area contributed by atoms with Gasteiger partial charge in [0.15, 0.2) is 0 Å². The number of carbonyl (C=O) groups is 1. The van der Waals surface area contributed by atoms with Gasteiger partial charge in [-0.3, -0.25) is 9.78 Å². The minimum atomic E-state index is -3.47. The molecule has 0 spiro atoms. The van der Waals surface area contributed by atoms with Crippen LogP contribution in [-0.2, 0) is 20.2 Å². The highest BCUT2D eigenvalue weighted by molar-refractivity contribution is 7.91. The van der Waals surface area contributed by atoms with Crippen molar-refractivity contribution in [3.8, 4) is 0 Å². The molecule has 1 aliphatic carbocycles. The Morgan fingerprint density at radius 1 is 1.18 bits per heavy atom. The summed E-state index contributed by atoms with van der Waals surface area (Å²) in [5.74, 6) is 0.178. The van der Waals surface area contributed by atoms with Crippen molar-refractivity contribution in [1.82, 2.24) is 14.6 Å². The van der Waals surface area contributed by atoms with Gasteiger partial charge in [0.1, 0.15) is 4.21 Å². The zero-order chi connectivity index (χ0) is 19.6. The Kier molecular flexibility index (Phi) is 5.53. The molecule has 0 bridgehead atoms. The Bertz CT molecular complexity index is 899. The summed E-state index contributed by atoms with van der Waals surface area (Å²) in [6.07, 6.45) is 8.67. The number of hydrogen-bond donors (Lipinski definition) is 1. The minimum Gasteiger partial charge on any atom is -0.342 e. The topological polar surface area (TPSA) is 79.4 Å². The third kappa shape index (κ3) is 3.73. The molecule has 0 atom stereocenters. The maximum atomic E-state index is 13.5. The van der Waals surface area contributed by atoms with Crippen LogP contribution in [0.3, 0.4) is 0 Å². The molecule has 0 aromatic carbocycles. The zero-order valence-electron chi connectivity index (χ0n) is 15.7. The molecule has 2 aromatic rings. The second-order valence-electron chi connectivity index (χ2n) is 7.65. The molecule has 4 rings (SSSR count). The molecular weight excluding hydrogens is 394 g/mol. The van der Waals surface area contributed by atoms with Gasteiger partial charge in [0, 0.05) is 31.5 Å². The van der Waals surface area contributed by atoms with Crippen LogP contribution in [0.5, 0.6) is 0 Å². The van der Waals surface area contributed by atoms with E-state index in [2.05, 4.69) is 9.71 Å². The molecule has 2 aliphatic rings. The lowest BCUT2D eigenvalue weighted by Crippen LogP contribution is -2.51. The first kappa shape index (κ1) is 19.5. The highest BCUT2D eigenvalue weighted by Gasteiger charge is 2.45. The van der Waals surface area contributed by atoms with Gasteiger partial charge in [0.05, 0.1) is 5.41 Å². The first-order valence-electron chi connectivity index (χ1n) is 9.77. The summed E-state index contributed by atoms with van der Waals surface area (Å²) in [5, 5.41) is 1.76. The number of rotatable bonds is 5. The van der Waals surface area contributed by atoms with E-state index in [1.54, 1.807) is 23.7 Å². The molecule has 1 saturated carbocycles. The lowest BCUT2D eigenvalue weighted by atomic mass is 9.78. The number of aromatic nitrogens is 1. The van der Waals surface area contributed by atoms with E-state index in [0.717, 1.165) is 31.2 Å². The fourth-order valence-electron chi connectivity index (χ4n) is 4.45. The number of pyridine rings is 1. The molecule has 1 aliphatic heterocycles. The third-order valence-corrected chi connectivity index (χ3v) is 8.86. The lowest BCUT2D eigenvalue weighted by Gasteiger charge is -2.38. The average molecular weight is 420 g/mol. The van der Waals surface area contributed by atoms with Crippen LogP contribution in [0.2, 0.25) is 0 Å². The maximum Gasteiger partial charge on any atom is 0.250 e. The number of likely N-dealkylation sites (tertiary alicyclic amines) is 1. The molecule has 3 heterocycles. The maximum absolute atomic E-state index is 13.5. The zero-order valence-corrected chi connectivity index (χ0v) is 17.3. The largest absolute Gasteiger partial charge is 0.342 e. The Morgan fingerprint density at radius 2 is 1.93 bits per heavy atom. The highest BCUT2D eigenvalue weighted by atomic mass is 32.2. The second kappa shape index (κ2) is 7.93. The number of thiophene rings is 1. The SMILES string of the molecule is O=C(N1CCC(NS(=O)(=O)c2cccs2)CC1)C1(c2cccnc2)CCCC1. The number of hydrogen-bond acceptors (Lipinski definition) is 5. The van der Waals surface area contributed by atoms with E-state index in [1.165, 1.54) is 11.3 Å². The smallest absolute Gasteiger partial charge is 0.250 e. The molecule has 6 nitrogen and oxygen atoms in total. The van der Waals surface area contributed by atoms with Crippen molar-refractivity contribution in [3.63, 3.8) is 0 Å². The van der Waals surface area contributed by atoms with Gasteiger partial charge in [-0.1, -0.05) is 25.0 Å². The van der Waals surface area contributed by atoms with Crippen LogP contribution in [0.15, 0.2) is 46.2 Å². The van der Waals surface area contributed by atoms with Crippen molar-refractivity contribution in [2.45, 2.75) is 54.2 Å². The second-order valence-corrected chi connectivity index (χ2v) is 10.5. The van der Waals surface area contributed by atoms with Gasteiger partial charge < -0.3 is 4.90 Å². The number of nitrogens with zero attached hydrogens (tertiary/aromatic N) is 2. The normalized spacial score (nSPS) is 20.4. The average Bonchev–Trinajstić information content (AvgIpc) is 3.42. The molecule has 8 heteroatoms. The molecule has 1 saturated heterocycles. The van der Waals surface area contributed by atoms with Gasteiger partial charge in [-0.2, -0.15) is 0 Å². The summed E-state index contributed by atoms with van der Waals surface area (Å²) in [4.78, 5) is 19.6. The van der Waals surface area contributed by atoms with Crippen molar-refractivity contribution in [3.05, 3.63) is 47.6 Å². The fraction of sp³-hybridized carbons (Fsp3) is 0.500. The summed E-state index contributed by atoms with van der Waals surface area (Å²) in [6.45, 7) is 1.16. The van der Waals surface area contributed by atoms with E-state index in [0.29, 0.717) is 30.1 Å². The third-order valence-electron chi connectivity index (χ3n) is 5.94. The van der Waals surface area contributed by atoms with Crippen LogP contribution in [0.25, 0.3) is 0 Å². The number of amides is 1. The Balaban J connectivity index is 1.42.